The molecule has 2 aromatic rings. The lowest BCUT2D eigenvalue weighted by atomic mass is 9.98. The highest BCUT2D eigenvalue weighted by atomic mass is 79.9. The van der Waals surface area contributed by atoms with Gasteiger partial charge in [-0.2, -0.15) is 0 Å². The smallest absolute Gasteiger partial charge is 0.194 e. The van der Waals surface area contributed by atoms with Gasteiger partial charge in [0.2, 0.25) is 0 Å². The van der Waals surface area contributed by atoms with Crippen molar-refractivity contribution in [3.63, 3.8) is 0 Å². The minimum absolute atomic E-state index is 0.0668. The summed E-state index contributed by atoms with van der Waals surface area (Å²) in [5.74, 6) is -0.573. The van der Waals surface area contributed by atoms with Gasteiger partial charge in [-0.3, -0.25) is 4.79 Å². The molecule has 0 saturated heterocycles. The van der Waals surface area contributed by atoms with Crippen LogP contribution in [0.2, 0.25) is 0 Å². The van der Waals surface area contributed by atoms with Gasteiger partial charge in [0.05, 0.1) is 7.11 Å². The van der Waals surface area contributed by atoms with Crippen LogP contribution in [0.1, 0.15) is 27.0 Å². The van der Waals surface area contributed by atoms with Crippen LogP contribution in [0, 0.1) is 12.7 Å². The molecule has 0 bridgehead atoms. The van der Waals surface area contributed by atoms with Crippen molar-refractivity contribution in [3.8, 4) is 5.75 Å². The molecule has 2 rings (SSSR count). The normalized spacial score (nSPS) is 10.5. The van der Waals surface area contributed by atoms with E-state index in [0.717, 1.165) is 5.56 Å². The summed E-state index contributed by atoms with van der Waals surface area (Å²) >= 11 is 6.79. The van der Waals surface area contributed by atoms with E-state index in [1.165, 1.54) is 19.2 Å². The van der Waals surface area contributed by atoms with E-state index in [-0.39, 0.29) is 11.5 Å². The van der Waals surface area contributed by atoms with Crippen LogP contribution in [0.15, 0.2) is 34.8 Å². The number of benzene rings is 2. The maximum absolute atomic E-state index is 13.6. The van der Waals surface area contributed by atoms with Crippen LogP contribution in [0.25, 0.3) is 0 Å². The molecule has 2 aromatic carbocycles. The number of ether oxygens (including phenoxy) is 1. The van der Waals surface area contributed by atoms with Crippen molar-refractivity contribution < 1.29 is 13.9 Å². The van der Waals surface area contributed by atoms with Crippen molar-refractivity contribution in [2.24, 2.45) is 0 Å². The molecule has 0 amide bonds. The van der Waals surface area contributed by atoms with Crippen LogP contribution >= 0.6 is 31.9 Å². The lowest BCUT2D eigenvalue weighted by Gasteiger charge is -2.10. The van der Waals surface area contributed by atoms with E-state index in [9.17, 15) is 9.18 Å². The molecule has 0 aliphatic carbocycles. The number of methoxy groups -OCH3 is 1. The summed E-state index contributed by atoms with van der Waals surface area (Å²) < 4.78 is 19.3. The third kappa shape index (κ3) is 3.35. The van der Waals surface area contributed by atoms with E-state index in [0.29, 0.717) is 26.5 Å². The number of carbonyl (C=O) groups excluding carboxylic acids is 1. The number of ketones is 1. The fraction of sp³-hybridized carbons (Fsp3) is 0.188. The number of aryl methyl sites for hydroxylation is 1. The topological polar surface area (TPSA) is 26.3 Å². The Hall–Kier alpha value is -1.20. The molecule has 5 heteroatoms. The van der Waals surface area contributed by atoms with Crippen LogP contribution in [-0.2, 0) is 5.33 Å². The zero-order chi connectivity index (χ0) is 15.6. The lowest BCUT2D eigenvalue weighted by Crippen LogP contribution is -2.06. The van der Waals surface area contributed by atoms with Gasteiger partial charge in [-0.25, -0.2) is 4.39 Å². The highest BCUT2D eigenvalue weighted by molar-refractivity contribution is 9.10. The molecule has 0 N–H and O–H groups in total. The monoisotopic (exact) mass is 414 g/mol. The zero-order valence-electron chi connectivity index (χ0n) is 11.5. The summed E-state index contributed by atoms with van der Waals surface area (Å²) in [4.78, 5) is 12.6. The van der Waals surface area contributed by atoms with Gasteiger partial charge in [0.15, 0.2) is 17.3 Å². The minimum Gasteiger partial charge on any atom is -0.494 e. The highest BCUT2D eigenvalue weighted by Gasteiger charge is 2.18. The number of hydrogen-bond acceptors (Lipinski definition) is 2. The third-order valence-electron chi connectivity index (χ3n) is 3.18. The van der Waals surface area contributed by atoms with Gasteiger partial charge in [0.1, 0.15) is 0 Å². The molecule has 0 atom stereocenters. The number of carbonyl (C=O) groups is 1. The summed E-state index contributed by atoms with van der Waals surface area (Å²) in [6.45, 7) is 1.70. The first-order valence-corrected chi connectivity index (χ1v) is 8.12. The van der Waals surface area contributed by atoms with E-state index >= 15 is 0 Å². The molecule has 0 saturated carbocycles. The maximum atomic E-state index is 13.6. The van der Waals surface area contributed by atoms with Gasteiger partial charge in [-0.1, -0.05) is 37.9 Å². The van der Waals surface area contributed by atoms with Gasteiger partial charge >= 0.3 is 0 Å². The molecule has 2 nitrogen and oxygen atoms in total. The fourth-order valence-electron chi connectivity index (χ4n) is 2.02. The summed E-state index contributed by atoms with van der Waals surface area (Å²) in [5.41, 5.74) is 2.61. The third-order valence-corrected chi connectivity index (χ3v) is 4.48. The van der Waals surface area contributed by atoms with E-state index in [1.807, 2.05) is 12.1 Å². The van der Waals surface area contributed by atoms with E-state index in [1.54, 1.807) is 13.0 Å². The van der Waals surface area contributed by atoms with Crippen molar-refractivity contribution in [1.82, 2.24) is 0 Å². The number of rotatable bonds is 4. The molecule has 0 heterocycles. The molecule has 0 fully saturated rings. The Kier molecular flexibility index (Phi) is 5.17. The Bertz CT molecular complexity index is 699. The Morgan fingerprint density at radius 2 is 1.95 bits per heavy atom. The van der Waals surface area contributed by atoms with Gasteiger partial charge in [-0.05, 0) is 42.3 Å². The standard InChI is InChI=1S/C16H13Br2FO2/c1-9-5-14(19)15(21-2)7-12(9)16(20)11-4-3-10(8-17)6-13(11)18/h3-7H,8H2,1-2H3. The second-order valence-electron chi connectivity index (χ2n) is 4.58. The quantitative estimate of drug-likeness (QED) is 0.517. The Morgan fingerprint density at radius 1 is 1.24 bits per heavy atom. The summed E-state index contributed by atoms with van der Waals surface area (Å²) in [7, 11) is 1.38. The molecule has 0 spiro atoms. The predicted molar refractivity (Wildman–Crippen MR) is 87.9 cm³/mol. The van der Waals surface area contributed by atoms with E-state index in [4.69, 9.17) is 4.74 Å². The maximum Gasteiger partial charge on any atom is 0.194 e. The number of halogens is 3. The average molecular weight is 416 g/mol. The van der Waals surface area contributed by atoms with Crippen LogP contribution in [0.3, 0.4) is 0 Å². The van der Waals surface area contributed by atoms with Gasteiger partial charge < -0.3 is 4.74 Å². The first-order valence-electron chi connectivity index (χ1n) is 6.21. The van der Waals surface area contributed by atoms with Crippen molar-refractivity contribution in [2.45, 2.75) is 12.3 Å². The second-order valence-corrected chi connectivity index (χ2v) is 5.99. The second kappa shape index (κ2) is 6.71. The largest absolute Gasteiger partial charge is 0.494 e. The molecule has 110 valence electrons. The Labute approximate surface area is 139 Å². The Balaban J connectivity index is 2.49. The first-order chi connectivity index (χ1) is 9.97. The summed E-state index contributed by atoms with van der Waals surface area (Å²) in [6, 6.07) is 8.28. The van der Waals surface area contributed by atoms with Gasteiger partial charge in [0.25, 0.3) is 0 Å². The number of alkyl halides is 1. The predicted octanol–water partition coefficient (Wildman–Crippen LogP) is 5.03. The molecular weight excluding hydrogens is 403 g/mol. The molecular formula is C16H13Br2FO2. The summed E-state index contributed by atoms with van der Waals surface area (Å²) in [5, 5.41) is 0.712. The lowest BCUT2D eigenvalue weighted by molar-refractivity contribution is 0.103. The molecule has 0 unspecified atom stereocenters. The average Bonchev–Trinajstić information content (AvgIpc) is 2.46. The highest BCUT2D eigenvalue weighted by Crippen LogP contribution is 2.27. The minimum atomic E-state index is -0.472. The Morgan fingerprint density at radius 3 is 2.52 bits per heavy atom. The van der Waals surface area contributed by atoms with Crippen LogP contribution in [0.4, 0.5) is 4.39 Å². The molecule has 0 aliphatic rings. The van der Waals surface area contributed by atoms with Crippen molar-refractivity contribution >= 4 is 37.6 Å². The van der Waals surface area contributed by atoms with Crippen LogP contribution in [0.5, 0.6) is 5.75 Å². The molecule has 0 aromatic heterocycles. The number of hydrogen-bond donors (Lipinski definition) is 0. The molecule has 0 radical (unpaired) electrons. The zero-order valence-corrected chi connectivity index (χ0v) is 14.7. The van der Waals surface area contributed by atoms with Gasteiger partial charge in [0, 0.05) is 20.9 Å². The fourth-order valence-corrected chi connectivity index (χ4v) is 2.98. The van der Waals surface area contributed by atoms with Crippen molar-refractivity contribution in [2.75, 3.05) is 7.11 Å². The first kappa shape index (κ1) is 16.2. The van der Waals surface area contributed by atoms with E-state index < -0.39 is 5.82 Å². The SMILES string of the molecule is COc1cc(C(=O)c2ccc(CBr)cc2Br)c(C)cc1F. The van der Waals surface area contributed by atoms with Gasteiger partial charge in [-0.15, -0.1) is 0 Å². The van der Waals surface area contributed by atoms with E-state index in [2.05, 4.69) is 31.9 Å². The molecule has 0 aliphatic heterocycles. The van der Waals surface area contributed by atoms with Crippen LogP contribution < -0.4 is 4.74 Å². The van der Waals surface area contributed by atoms with Crippen LogP contribution in [-0.4, -0.2) is 12.9 Å². The van der Waals surface area contributed by atoms with Crippen molar-refractivity contribution in [1.29, 1.82) is 0 Å². The summed E-state index contributed by atoms with van der Waals surface area (Å²) in [6.07, 6.45) is 0. The van der Waals surface area contributed by atoms with Crippen molar-refractivity contribution in [3.05, 3.63) is 62.9 Å². The molecule has 21 heavy (non-hydrogen) atoms.